The predicted octanol–water partition coefficient (Wildman–Crippen LogP) is -1.19. The first-order chi connectivity index (χ1) is 14.5. The maximum Gasteiger partial charge on any atom is 0.306 e. The third kappa shape index (κ3) is 13.3. The lowest BCUT2D eigenvalue weighted by Crippen LogP contribution is -2.49. The van der Waals surface area contributed by atoms with Gasteiger partial charge in [-0.2, -0.15) is 0 Å². The fraction of sp³-hybridized carbons (Fsp3) is 0.810. The molecule has 178 valence electrons. The van der Waals surface area contributed by atoms with Crippen LogP contribution in [-0.4, -0.2) is 138 Å². The molecule has 0 saturated carbocycles. The number of carbonyl (C=O) groups is 4. The minimum Gasteiger partial charge on any atom is -0.481 e. The predicted molar refractivity (Wildman–Crippen MR) is 116 cm³/mol. The SMILES string of the molecule is CC(=O)CN1CCN(CC(C)=O)CCN(CC(O)CC(=O)O)CCN(CC(C)=O)CC1. The Bertz CT molecular complexity index is 583. The van der Waals surface area contributed by atoms with Crippen LogP contribution < -0.4 is 0 Å². The molecule has 0 bridgehead atoms. The number of rotatable bonds is 10. The number of carboxylic acid groups (broad SMARTS) is 1. The van der Waals surface area contributed by atoms with E-state index in [9.17, 15) is 24.3 Å². The largest absolute Gasteiger partial charge is 0.481 e. The zero-order valence-electron chi connectivity index (χ0n) is 19.1. The molecule has 1 saturated heterocycles. The molecule has 1 heterocycles. The van der Waals surface area contributed by atoms with Crippen molar-refractivity contribution in [1.29, 1.82) is 0 Å². The van der Waals surface area contributed by atoms with Crippen molar-refractivity contribution < 1.29 is 29.4 Å². The van der Waals surface area contributed by atoms with Crippen LogP contribution in [0, 0.1) is 0 Å². The zero-order valence-corrected chi connectivity index (χ0v) is 19.1. The molecule has 1 atom stereocenters. The van der Waals surface area contributed by atoms with Crippen molar-refractivity contribution in [1.82, 2.24) is 19.6 Å². The Morgan fingerprint density at radius 3 is 1.19 bits per heavy atom. The average molecular weight is 443 g/mol. The maximum absolute atomic E-state index is 11.7. The van der Waals surface area contributed by atoms with Crippen LogP contribution in [0.5, 0.6) is 0 Å². The number of hydrogen-bond acceptors (Lipinski definition) is 9. The number of carboxylic acids is 1. The smallest absolute Gasteiger partial charge is 0.306 e. The lowest BCUT2D eigenvalue weighted by molar-refractivity contribution is -0.139. The zero-order chi connectivity index (χ0) is 23.4. The van der Waals surface area contributed by atoms with E-state index in [-0.39, 0.29) is 30.3 Å². The molecule has 0 aliphatic carbocycles. The number of aliphatic carboxylic acids is 1. The van der Waals surface area contributed by atoms with E-state index in [1.54, 1.807) is 6.92 Å². The number of carbonyl (C=O) groups excluding carboxylic acids is 3. The lowest BCUT2D eigenvalue weighted by Gasteiger charge is -2.34. The molecule has 1 aliphatic heterocycles. The summed E-state index contributed by atoms with van der Waals surface area (Å²) in [5.41, 5.74) is 0. The molecule has 1 fully saturated rings. The monoisotopic (exact) mass is 442 g/mol. The second kappa shape index (κ2) is 14.4. The Kier molecular flexibility index (Phi) is 12.7. The minimum absolute atomic E-state index is 0.0512. The summed E-state index contributed by atoms with van der Waals surface area (Å²) in [6.07, 6.45) is -1.32. The highest BCUT2D eigenvalue weighted by Gasteiger charge is 2.20. The molecule has 10 nitrogen and oxygen atoms in total. The van der Waals surface area contributed by atoms with Crippen molar-refractivity contribution >= 4 is 23.3 Å². The maximum atomic E-state index is 11.7. The first-order valence-electron chi connectivity index (χ1n) is 10.8. The molecule has 2 N–H and O–H groups in total. The van der Waals surface area contributed by atoms with Crippen molar-refractivity contribution in [2.75, 3.05) is 78.5 Å². The Labute approximate surface area is 184 Å². The van der Waals surface area contributed by atoms with E-state index in [0.717, 1.165) is 0 Å². The van der Waals surface area contributed by atoms with Gasteiger partial charge in [-0.15, -0.1) is 0 Å². The van der Waals surface area contributed by atoms with Gasteiger partial charge in [-0.25, -0.2) is 0 Å². The number of ketones is 3. The van der Waals surface area contributed by atoms with E-state index in [4.69, 9.17) is 5.11 Å². The molecule has 0 spiro atoms. The summed E-state index contributed by atoms with van der Waals surface area (Å²) in [5, 5.41) is 19.0. The van der Waals surface area contributed by atoms with Gasteiger partial charge in [-0.3, -0.25) is 38.8 Å². The average Bonchev–Trinajstić information content (AvgIpc) is 2.62. The van der Waals surface area contributed by atoms with Gasteiger partial charge < -0.3 is 10.2 Å². The third-order valence-electron chi connectivity index (χ3n) is 5.15. The van der Waals surface area contributed by atoms with Crippen LogP contribution in [0.25, 0.3) is 0 Å². The highest BCUT2D eigenvalue weighted by molar-refractivity contribution is 5.78. The van der Waals surface area contributed by atoms with Gasteiger partial charge in [0, 0.05) is 58.9 Å². The summed E-state index contributed by atoms with van der Waals surface area (Å²) < 4.78 is 0. The molecule has 1 rings (SSSR count). The second-order valence-corrected chi connectivity index (χ2v) is 8.49. The van der Waals surface area contributed by atoms with Gasteiger partial charge in [-0.05, 0) is 20.8 Å². The van der Waals surface area contributed by atoms with Crippen molar-refractivity contribution in [2.24, 2.45) is 0 Å². The van der Waals surface area contributed by atoms with Gasteiger partial charge in [0.1, 0.15) is 17.3 Å². The third-order valence-corrected chi connectivity index (χ3v) is 5.15. The van der Waals surface area contributed by atoms with Crippen LogP contribution in [0.1, 0.15) is 27.2 Å². The van der Waals surface area contributed by atoms with E-state index in [2.05, 4.69) is 4.90 Å². The molecule has 0 radical (unpaired) electrons. The van der Waals surface area contributed by atoms with Gasteiger partial charge in [0.05, 0.1) is 32.2 Å². The molecule has 10 heteroatoms. The van der Waals surface area contributed by atoms with Gasteiger partial charge in [0.15, 0.2) is 0 Å². The van der Waals surface area contributed by atoms with Crippen molar-refractivity contribution in [2.45, 2.75) is 33.3 Å². The van der Waals surface area contributed by atoms with Crippen molar-refractivity contribution in [3.8, 4) is 0 Å². The molecule has 1 unspecified atom stereocenters. The van der Waals surface area contributed by atoms with Crippen LogP contribution in [0.2, 0.25) is 0 Å². The van der Waals surface area contributed by atoms with Gasteiger partial charge in [0.25, 0.3) is 0 Å². The minimum atomic E-state index is -1.05. The highest BCUT2D eigenvalue weighted by atomic mass is 16.4. The number of aliphatic hydroxyl groups excluding tert-OH is 1. The van der Waals surface area contributed by atoms with E-state index in [1.807, 2.05) is 14.7 Å². The van der Waals surface area contributed by atoms with Gasteiger partial charge in [-0.1, -0.05) is 0 Å². The molecular weight excluding hydrogens is 404 g/mol. The fourth-order valence-corrected chi connectivity index (χ4v) is 3.74. The first kappa shape index (κ1) is 27.3. The Morgan fingerprint density at radius 1 is 0.645 bits per heavy atom. The van der Waals surface area contributed by atoms with E-state index < -0.39 is 12.1 Å². The van der Waals surface area contributed by atoms with Crippen LogP contribution in [0.15, 0.2) is 0 Å². The molecule has 0 aromatic heterocycles. The standard InChI is InChI=1S/C21H38N4O6/c1-17(26)13-22-4-6-23(14-18(2)27)8-10-25(16-20(29)12-21(30)31)11-9-24(7-5-22)15-19(3)28/h20,29H,4-16H2,1-3H3,(H,30,31). The summed E-state index contributed by atoms with van der Waals surface area (Å²) in [6.45, 7) is 10.5. The van der Waals surface area contributed by atoms with Crippen LogP contribution in [0.3, 0.4) is 0 Å². The molecular formula is C21H38N4O6. The Morgan fingerprint density at radius 2 is 0.935 bits per heavy atom. The summed E-state index contributed by atoms with van der Waals surface area (Å²) in [5.74, 6) is -0.878. The molecule has 0 amide bonds. The number of aliphatic hydroxyl groups is 1. The molecule has 0 aromatic rings. The summed E-state index contributed by atoms with van der Waals surface area (Å²) in [4.78, 5) is 54.1. The summed E-state index contributed by atoms with van der Waals surface area (Å²) in [7, 11) is 0. The summed E-state index contributed by atoms with van der Waals surface area (Å²) in [6, 6.07) is 0. The molecule has 0 aromatic carbocycles. The van der Waals surface area contributed by atoms with E-state index in [1.165, 1.54) is 13.8 Å². The highest BCUT2D eigenvalue weighted by Crippen LogP contribution is 2.04. The molecule has 1 aliphatic rings. The number of Topliss-reactive ketones (excluding diaryl/α,β-unsaturated/α-hetero) is 3. The fourth-order valence-electron chi connectivity index (χ4n) is 3.74. The van der Waals surface area contributed by atoms with Crippen molar-refractivity contribution in [3.63, 3.8) is 0 Å². The number of hydrogen-bond donors (Lipinski definition) is 2. The number of nitrogens with zero attached hydrogens (tertiary/aromatic N) is 4. The van der Waals surface area contributed by atoms with Gasteiger partial charge in [0.2, 0.25) is 0 Å². The topological polar surface area (TPSA) is 122 Å². The Hall–Kier alpha value is -1.72. The van der Waals surface area contributed by atoms with E-state index in [0.29, 0.717) is 72.0 Å². The lowest BCUT2D eigenvalue weighted by atomic mass is 10.2. The van der Waals surface area contributed by atoms with Gasteiger partial charge >= 0.3 is 5.97 Å². The number of β-amino-alcohol motifs (C(OH)–C–C–N with tert-alkyl or cyclic N) is 1. The normalized spacial score (nSPS) is 19.9. The quantitative estimate of drug-likeness (QED) is 0.427. The van der Waals surface area contributed by atoms with Crippen LogP contribution >= 0.6 is 0 Å². The Balaban J connectivity index is 2.93. The first-order valence-corrected chi connectivity index (χ1v) is 10.8. The van der Waals surface area contributed by atoms with Crippen molar-refractivity contribution in [3.05, 3.63) is 0 Å². The van der Waals surface area contributed by atoms with Crippen LogP contribution in [-0.2, 0) is 19.2 Å². The van der Waals surface area contributed by atoms with Crippen LogP contribution in [0.4, 0.5) is 0 Å². The van der Waals surface area contributed by atoms with E-state index >= 15 is 0 Å². The summed E-state index contributed by atoms with van der Waals surface area (Å²) >= 11 is 0. The second-order valence-electron chi connectivity index (χ2n) is 8.49. The molecule has 31 heavy (non-hydrogen) atoms.